The summed E-state index contributed by atoms with van der Waals surface area (Å²) in [5.74, 6) is 0.729. The molecule has 2 heterocycles. The molecule has 1 aromatic heterocycles. The van der Waals surface area contributed by atoms with E-state index in [0.29, 0.717) is 18.7 Å². The normalized spacial score (nSPS) is 18.5. The Labute approximate surface area is 159 Å². The molecular formula is C20H27N4O3+. The summed E-state index contributed by atoms with van der Waals surface area (Å²) in [7, 11) is 0. The van der Waals surface area contributed by atoms with Crippen LogP contribution in [0.3, 0.4) is 0 Å². The molecule has 1 aliphatic heterocycles. The zero-order valence-electron chi connectivity index (χ0n) is 15.8. The van der Waals surface area contributed by atoms with Crippen LogP contribution in [0, 0.1) is 10.1 Å². The molecule has 0 radical (unpaired) electrons. The number of nitro benzene ring substituents is 1. The van der Waals surface area contributed by atoms with Gasteiger partial charge in [-0.1, -0.05) is 44.0 Å². The highest BCUT2D eigenvalue weighted by atomic mass is 16.6. The van der Waals surface area contributed by atoms with Gasteiger partial charge < -0.3 is 5.11 Å². The number of hydrogen-bond acceptors (Lipinski definition) is 5. The lowest BCUT2D eigenvalue weighted by atomic mass is 10.0. The first-order chi connectivity index (χ1) is 13.1. The Hall–Kier alpha value is -2.54. The van der Waals surface area contributed by atoms with E-state index in [4.69, 9.17) is 0 Å². The minimum Gasteiger partial charge on any atom is -0.353 e. The molecule has 0 saturated carbocycles. The van der Waals surface area contributed by atoms with Crippen LogP contribution in [-0.4, -0.2) is 21.6 Å². The van der Waals surface area contributed by atoms with Crippen LogP contribution < -0.4 is 9.47 Å². The molecule has 144 valence electrons. The molecule has 3 rings (SSSR count). The second kappa shape index (κ2) is 8.43. The van der Waals surface area contributed by atoms with Crippen molar-refractivity contribution in [2.45, 2.75) is 57.7 Å². The fourth-order valence-corrected chi connectivity index (χ4v) is 3.66. The number of non-ortho nitro benzene ring substituents is 1. The molecule has 0 amide bonds. The lowest BCUT2D eigenvalue weighted by Crippen LogP contribution is -2.46. The minimum absolute atomic E-state index is 0.0195. The molecule has 0 saturated heterocycles. The predicted molar refractivity (Wildman–Crippen MR) is 102 cm³/mol. The van der Waals surface area contributed by atoms with Gasteiger partial charge in [0.15, 0.2) is 0 Å². The SMILES string of the molecule is CCCCCCCCN1c2nccc[n+]2C[C@@]1(O)c1ccc([N+](=O)[O-])cc1. The van der Waals surface area contributed by atoms with Crippen LogP contribution in [0.1, 0.15) is 51.0 Å². The zero-order valence-corrected chi connectivity index (χ0v) is 15.8. The van der Waals surface area contributed by atoms with E-state index in [1.807, 2.05) is 21.7 Å². The van der Waals surface area contributed by atoms with Crippen molar-refractivity contribution in [2.24, 2.45) is 0 Å². The van der Waals surface area contributed by atoms with Crippen molar-refractivity contribution < 1.29 is 14.6 Å². The molecule has 7 nitrogen and oxygen atoms in total. The molecule has 1 aromatic carbocycles. The fourth-order valence-electron chi connectivity index (χ4n) is 3.66. The maximum Gasteiger partial charge on any atom is 0.396 e. The number of rotatable bonds is 9. The summed E-state index contributed by atoms with van der Waals surface area (Å²) in [6.07, 6.45) is 10.6. The number of anilines is 1. The van der Waals surface area contributed by atoms with E-state index in [1.54, 1.807) is 18.3 Å². The largest absolute Gasteiger partial charge is 0.396 e. The highest BCUT2D eigenvalue weighted by Crippen LogP contribution is 2.34. The lowest BCUT2D eigenvalue weighted by Gasteiger charge is -2.28. The van der Waals surface area contributed by atoms with Gasteiger partial charge >= 0.3 is 5.95 Å². The number of nitrogens with zero attached hydrogens (tertiary/aromatic N) is 4. The standard InChI is InChI=1S/C20H27N4O3/c1-2-3-4-5-6-7-15-23-19-21-13-8-14-22(19)16-20(23,25)17-9-11-18(12-10-17)24(26)27/h8-14,25H,2-7,15-16H2,1H3/q+1/t20-/m1/s1. The fraction of sp³-hybridized carbons (Fsp3) is 0.500. The van der Waals surface area contributed by atoms with Crippen LogP contribution >= 0.6 is 0 Å². The lowest BCUT2D eigenvalue weighted by molar-refractivity contribution is -0.685. The third kappa shape index (κ3) is 4.08. The first kappa shape index (κ1) is 19.2. The van der Waals surface area contributed by atoms with E-state index in [1.165, 1.54) is 37.8 Å². The summed E-state index contributed by atoms with van der Waals surface area (Å²) < 4.78 is 1.93. The molecule has 1 N–H and O–H groups in total. The Morgan fingerprint density at radius 1 is 1.22 bits per heavy atom. The van der Waals surface area contributed by atoms with Gasteiger partial charge in [0.1, 0.15) is 12.7 Å². The van der Waals surface area contributed by atoms with Gasteiger partial charge in [-0.25, -0.2) is 9.47 Å². The molecule has 2 aromatic rings. The average Bonchev–Trinajstić information content (AvgIpc) is 2.97. The van der Waals surface area contributed by atoms with Gasteiger partial charge in [-0.05, 0) is 18.6 Å². The number of hydrogen-bond donors (Lipinski definition) is 1. The first-order valence-electron chi connectivity index (χ1n) is 9.65. The Bertz CT molecular complexity index is 781. The summed E-state index contributed by atoms with van der Waals surface area (Å²) in [5.41, 5.74) is -0.587. The Balaban J connectivity index is 1.78. The maximum absolute atomic E-state index is 11.5. The Morgan fingerprint density at radius 3 is 2.63 bits per heavy atom. The van der Waals surface area contributed by atoms with Gasteiger partial charge in [0.2, 0.25) is 5.72 Å². The summed E-state index contributed by atoms with van der Waals surface area (Å²) in [6, 6.07) is 8.00. The van der Waals surface area contributed by atoms with E-state index in [0.717, 1.165) is 18.8 Å². The maximum atomic E-state index is 11.5. The van der Waals surface area contributed by atoms with Gasteiger partial charge in [0, 0.05) is 23.8 Å². The van der Waals surface area contributed by atoms with Crippen LogP contribution in [0.15, 0.2) is 42.7 Å². The van der Waals surface area contributed by atoms with Crippen molar-refractivity contribution in [3.8, 4) is 0 Å². The van der Waals surface area contributed by atoms with Crippen LogP contribution in [0.2, 0.25) is 0 Å². The van der Waals surface area contributed by atoms with E-state index < -0.39 is 10.6 Å². The summed E-state index contributed by atoms with van der Waals surface area (Å²) in [4.78, 5) is 16.9. The first-order valence-corrected chi connectivity index (χ1v) is 9.65. The molecule has 1 atom stereocenters. The number of unbranched alkanes of at least 4 members (excludes halogenated alkanes) is 5. The zero-order chi connectivity index (χ0) is 19.3. The van der Waals surface area contributed by atoms with Crippen molar-refractivity contribution in [3.05, 3.63) is 58.4 Å². The molecule has 7 heteroatoms. The van der Waals surface area contributed by atoms with Crippen LogP contribution in [0.5, 0.6) is 0 Å². The van der Waals surface area contributed by atoms with Gasteiger partial charge in [-0.3, -0.25) is 10.1 Å². The Morgan fingerprint density at radius 2 is 1.93 bits per heavy atom. The minimum atomic E-state index is -1.25. The second-order valence-corrected chi connectivity index (χ2v) is 7.09. The third-order valence-electron chi connectivity index (χ3n) is 5.15. The molecule has 27 heavy (non-hydrogen) atoms. The number of aromatic nitrogens is 2. The second-order valence-electron chi connectivity index (χ2n) is 7.09. The summed E-state index contributed by atoms with van der Waals surface area (Å²) in [5, 5.41) is 22.4. The van der Waals surface area contributed by atoms with E-state index in [-0.39, 0.29) is 5.69 Å². The molecule has 0 fully saturated rings. The summed E-state index contributed by atoms with van der Waals surface area (Å²) >= 11 is 0. The number of benzene rings is 1. The van der Waals surface area contributed by atoms with E-state index in [2.05, 4.69) is 11.9 Å². The smallest absolute Gasteiger partial charge is 0.353 e. The third-order valence-corrected chi connectivity index (χ3v) is 5.15. The molecular weight excluding hydrogens is 344 g/mol. The molecule has 0 unspecified atom stereocenters. The van der Waals surface area contributed by atoms with Gasteiger partial charge in [0.05, 0.1) is 17.7 Å². The number of aliphatic hydroxyl groups is 1. The van der Waals surface area contributed by atoms with E-state index >= 15 is 0 Å². The molecule has 0 aliphatic carbocycles. The van der Waals surface area contributed by atoms with Crippen molar-refractivity contribution >= 4 is 11.6 Å². The van der Waals surface area contributed by atoms with E-state index in [9.17, 15) is 15.2 Å². The van der Waals surface area contributed by atoms with Crippen LogP contribution in [-0.2, 0) is 12.3 Å². The Kier molecular flexibility index (Phi) is 6.01. The van der Waals surface area contributed by atoms with Crippen LogP contribution in [0.25, 0.3) is 0 Å². The quantitative estimate of drug-likeness (QED) is 0.316. The van der Waals surface area contributed by atoms with Crippen molar-refractivity contribution in [3.63, 3.8) is 0 Å². The summed E-state index contributed by atoms with van der Waals surface area (Å²) in [6.45, 7) is 3.24. The monoisotopic (exact) mass is 371 g/mol. The topological polar surface area (TPSA) is 83.4 Å². The molecule has 0 bridgehead atoms. The van der Waals surface area contributed by atoms with Gasteiger partial charge in [-0.15, -0.1) is 0 Å². The van der Waals surface area contributed by atoms with Crippen molar-refractivity contribution in [1.29, 1.82) is 0 Å². The highest BCUT2D eigenvalue weighted by Gasteiger charge is 2.51. The van der Waals surface area contributed by atoms with Gasteiger partial charge in [-0.2, -0.15) is 0 Å². The average molecular weight is 371 g/mol. The number of fused-ring (bicyclic) bond motifs is 1. The van der Waals surface area contributed by atoms with Crippen molar-refractivity contribution in [1.82, 2.24) is 4.98 Å². The molecule has 0 spiro atoms. The van der Waals surface area contributed by atoms with Crippen LogP contribution in [0.4, 0.5) is 11.6 Å². The molecule has 1 aliphatic rings. The van der Waals surface area contributed by atoms with Gasteiger partial charge in [0.25, 0.3) is 5.69 Å². The number of nitro groups is 1. The highest BCUT2D eigenvalue weighted by molar-refractivity contribution is 5.41. The predicted octanol–water partition coefficient (Wildman–Crippen LogP) is 3.30. The van der Waals surface area contributed by atoms with Crippen molar-refractivity contribution in [2.75, 3.05) is 11.4 Å².